The van der Waals surface area contributed by atoms with Crippen molar-refractivity contribution in [2.24, 2.45) is 11.7 Å². The lowest BCUT2D eigenvalue weighted by atomic mass is 9.92. The molecule has 2 atom stereocenters. The maximum atomic E-state index is 12.3. The van der Waals surface area contributed by atoms with E-state index in [9.17, 15) is 4.79 Å². The monoisotopic (exact) mass is 284 g/mol. The first-order valence-electron chi connectivity index (χ1n) is 7.63. The number of nitrogens with two attached hydrogens (primary N) is 1. The molecule has 0 aromatic heterocycles. The van der Waals surface area contributed by atoms with E-state index in [1.807, 2.05) is 6.92 Å². The second-order valence-electron chi connectivity index (χ2n) is 6.89. The van der Waals surface area contributed by atoms with Gasteiger partial charge in [-0.2, -0.15) is 0 Å². The summed E-state index contributed by atoms with van der Waals surface area (Å²) in [5, 5.41) is 0. The van der Waals surface area contributed by atoms with Gasteiger partial charge in [-0.15, -0.1) is 0 Å². The third-order valence-corrected chi connectivity index (χ3v) is 4.09. The predicted molar refractivity (Wildman–Crippen MR) is 77.3 cm³/mol. The van der Waals surface area contributed by atoms with Crippen molar-refractivity contribution in [3.8, 4) is 0 Å². The number of nitrogens with zero attached hydrogens (tertiary/aromatic N) is 1. The van der Waals surface area contributed by atoms with E-state index in [0.29, 0.717) is 13.2 Å². The second-order valence-corrected chi connectivity index (χ2v) is 6.89. The van der Waals surface area contributed by atoms with Crippen LogP contribution in [0.15, 0.2) is 0 Å². The van der Waals surface area contributed by atoms with Crippen molar-refractivity contribution >= 4 is 5.97 Å². The molecule has 5 heteroatoms. The predicted octanol–water partition coefficient (Wildman–Crippen LogP) is 1.16. The van der Waals surface area contributed by atoms with Crippen LogP contribution in [0, 0.1) is 5.92 Å². The summed E-state index contributed by atoms with van der Waals surface area (Å²) in [5.41, 5.74) is 5.39. The van der Waals surface area contributed by atoms with E-state index in [-0.39, 0.29) is 23.6 Å². The molecule has 0 spiro atoms. The largest absolute Gasteiger partial charge is 0.465 e. The van der Waals surface area contributed by atoms with Gasteiger partial charge in [0.2, 0.25) is 0 Å². The molecule has 1 saturated heterocycles. The molecule has 2 fully saturated rings. The Labute approximate surface area is 121 Å². The number of esters is 1. The number of hydrogen-bond acceptors (Lipinski definition) is 5. The number of ether oxygens (including phenoxy) is 2. The smallest absolute Gasteiger partial charge is 0.327 e. The Bertz CT molecular complexity index is 368. The Morgan fingerprint density at radius 3 is 2.65 bits per heavy atom. The minimum Gasteiger partial charge on any atom is -0.465 e. The van der Waals surface area contributed by atoms with E-state index < -0.39 is 5.54 Å². The Balaban J connectivity index is 2.06. The van der Waals surface area contributed by atoms with Crippen LogP contribution in [0.4, 0.5) is 0 Å². The van der Waals surface area contributed by atoms with Gasteiger partial charge in [0.15, 0.2) is 0 Å². The van der Waals surface area contributed by atoms with Gasteiger partial charge >= 0.3 is 5.97 Å². The van der Waals surface area contributed by atoms with E-state index in [4.69, 9.17) is 15.2 Å². The van der Waals surface area contributed by atoms with Gasteiger partial charge in [0.05, 0.1) is 18.3 Å². The fraction of sp³-hybridized carbons (Fsp3) is 0.933. The highest BCUT2D eigenvalue weighted by Gasteiger charge is 2.51. The molecule has 0 amide bonds. The van der Waals surface area contributed by atoms with E-state index in [1.54, 1.807) is 0 Å². The highest BCUT2D eigenvalue weighted by atomic mass is 16.5. The Kier molecular flexibility index (Phi) is 4.42. The van der Waals surface area contributed by atoms with E-state index >= 15 is 0 Å². The summed E-state index contributed by atoms with van der Waals surface area (Å²) < 4.78 is 11.1. The number of carbonyl (C=O) groups excluding carboxylic acids is 1. The lowest BCUT2D eigenvalue weighted by molar-refractivity contribution is -0.157. The van der Waals surface area contributed by atoms with Crippen LogP contribution in [0.2, 0.25) is 0 Å². The number of rotatable bonds is 5. The van der Waals surface area contributed by atoms with Crippen LogP contribution in [0.25, 0.3) is 0 Å². The van der Waals surface area contributed by atoms with Crippen molar-refractivity contribution in [3.63, 3.8) is 0 Å². The van der Waals surface area contributed by atoms with Gasteiger partial charge in [-0.3, -0.25) is 4.90 Å². The van der Waals surface area contributed by atoms with Gasteiger partial charge in [0.1, 0.15) is 5.54 Å². The molecule has 0 aromatic carbocycles. The molecule has 1 heterocycles. The standard InChI is InChI=1S/C15H28N2O3/c1-5-19-13(18)15(16,12-6-7-12)10-17-8-11(2)20-14(3,4)9-17/h11-12H,5-10,16H2,1-4H3. The maximum Gasteiger partial charge on any atom is 0.327 e. The fourth-order valence-electron chi connectivity index (χ4n) is 3.30. The van der Waals surface area contributed by atoms with Crippen LogP contribution < -0.4 is 5.73 Å². The van der Waals surface area contributed by atoms with Crippen molar-refractivity contribution in [2.75, 3.05) is 26.2 Å². The minimum atomic E-state index is -0.858. The second kappa shape index (κ2) is 5.62. The van der Waals surface area contributed by atoms with E-state index in [2.05, 4.69) is 25.7 Å². The molecule has 0 bridgehead atoms. The molecular formula is C15H28N2O3. The van der Waals surface area contributed by atoms with Crippen LogP contribution in [0.1, 0.15) is 40.5 Å². The molecule has 116 valence electrons. The van der Waals surface area contributed by atoms with Gasteiger partial charge in [0.25, 0.3) is 0 Å². The number of morpholine rings is 1. The van der Waals surface area contributed by atoms with Gasteiger partial charge in [-0.05, 0) is 46.5 Å². The van der Waals surface area contributed by atoms with Crippen molar-refractivity contribution in [1.29, 1.82) is 0 Å². The Morgan fingerprint density at radius 2 is 2.15 bits per heavy atom. The van der Waals surface area contributed by atoms with Crippen LogP contribution >= 0.6 is 0 Å². The first kappa shape index (κ1) is 15.7. The van der Waals surface area contributed by atoms with Crippen molar-refractivity contribution in [2.45, 2.75) is 57.8 Å². The van der Waals surface area contributed by atoms with Crippen molar-refractivity contribution in [3.05, 3.63) is 0 Å². The first-order chi connectivity index (χ1) is 9.27. The summed E-state index contributed by atoms with van der Waals surface area (Å²) in [6, 6.07) is 0. The molecular weight excluding hydrogens is 256 g/mol. The van der Waals surface area contributed by atoms with Crippen LogP contribution in [-0.2, 0) is 14.3 Å². The average molecular weight is 284 g/mol. The molecule has 1 saturated carbocycles. The lowest BCUT2D eigenvalue weighted by Crippen LogP contribution is -2.62. The molecule has 2 N–H and O–H groups in total. The summed E-state index contributed by atoms with van der Waals surface area (Å²) in [5.74, 6) is 0.0160. The molecule has 2 rings (SSSR count). The quantitative estimate of drug-likeness (QED) is 0.767. The van der Waals surface area contributed by atoms with Crippen LogP contribution in [0.5, 0.6) is 0 Å². The normalized spacial score (nSPS) is 29.8. The highest BCUT2D eigenvalue weighted by molar-refractivity contribution is 5.82. The zero-order valence-electron chi connectivity index (χ0n) is 13.1. The zero-order valence-corrected chi connectivity index (χ0v) is 13.1. The Morgan fingerprint density at radius 1 is 1.50 bits per heavy atom. The topological polar surface area (TPSA) is 64.8 Å². The maximum absolute atomic E-state index is 12.3. The fourth-order valence-corrected chi connectivity index (χ4v) is 3.30. The third-order valence-electron chi connectivity index (χ3n) is 4.09. The zero-order chi connectivity index (χ0) is 15.0. The molecule has 0 aromatic rings. The van der Waals surface area contributed by atoms with E-state index in [1.165, 1.54) is 0 Å². The van der Waals surface area contributed by atoms with Gasteiger partial charge < -0.3 is 15.2 Å². The molecule has 5 nitrogen and oxygen atoms in total. The number of carbonyl (C=O) groups is 1. The van der Waals surface area contributed by atoms with Gasteiger partial charge in [-0.25, -0.2) is 4.79 Å². The first-order valence-corrected chi connectivity index (χ1v) is 7.63. The summed E-state index contributed by atoms with van der Waals surface area (Å²) in [7, 11) is 0. The summed E-state index contributed by atoms with van der Waals surface area (Å²) >= 11 is 0. The van der Waals surface area contributed by atoms with Gasteiger partial charge in [-0.1, -0.05) is 0 Å². The van der Waals surface area contributed by atoms with Gasteiger partial charge in [0, 0.05) is 19.6 Å². The SMILES string of the molecule is CCOC(=O)C(N)(CN1CC(C)OC(C)(C)C1)C1CC1. The van der Waals surface area contributed by atoms with Crippen LogP contribution in [-0.4, -0.2) is 54.4 Å². The summed E-state index contributed by atoms with van der Waals surface area (Å²) in [6.07, 6.45) is 2.21. The minimum absolute atomic E-state index is 0.157. The lowest BCUT2D eigenvalue weighted by Gasteiger charge is -2.44. The third kappa shape index (κ3) is 3.51. The molecule has 2 unspecified atom stereocenters. The highest BCUT2D eigenvalue weighted by Crippen LogP contribution is 2.40. The molecule has 1 aliphatic carbocycles. The molecule has 1 aliphatic heterocycles. The molecule has 0 radical (unpaired) electrons. The van der Waals surface area contributed by atoms with Crippen LogP contribution in [0.3, 0.4) is 0 Å². The number of hydrogen-bond donors (Lipinski definition) is 1. The van der Waals surface area contributed by atoms with E-state index in [0.717, 1.165) is 25.9 Å². The van der Waals surface area contributed by atoms with Crippen molar-refractivity contribution < 1.29 is 14.3 Å². The Hall–Kier alpha value is -0.650. The van der Waals surface area contributed by atoms with Crippen molar-refractivity contribution in [1.82, 2.24) is 4.90 Å². The average Bonchev–Trinajstić information content (AvgIpc) is 3.09. The molecule has 20 heavy (non-hydrogen) atoms. The molecule has 2 aliphatic rings. The summed E-state index contributed by atoms with van der Waals surface area (Å²) in [6.45, 7) is 10.6. The summed E-state index contributed by atoms with van der Waals surface area (Å²) in [4.78, 5) is 14.5.